The van der Waals surface area contributed by atoms with Crippen LogP contribution in [-0.2, 0) is 14.3 Å². The number of ether oxygens (including phenoxy) is 2. The number of carboxylic acid groups (broad SMARTS) is 1. The van der Waals surface area contributed by atoms with Gasteiger partial charge in [0.15, 0.2) is 0 Å². The molecular weight excluding hydrogens is 198 g/mol. The molecule has 0 aliphatic carbocycles. The van der Waals surface area contributed by atoms with Crippen LogP contribution in [0.2, 0.25) is 0 Å². The highest BCUT2D eigenvalue weighted by Gasteiger charge is 2.31. The summed E-state index contributed by atoms with van der Waals surface area (Å²) in [5.74, 6) is -0.848. The minimum Gasteiger partial charge on any atom is -0.480 e. The zero-order valence-electron chi connectivity index (χ0n) is 9.71. The quantitative estimate of drug-likeness (QED) is 0.552. The molecular formula is C10H21NO4. The molecule has 0 aromatic heterocycles. The van der Waals surface area contributed by atoms with Crippen molar-refractivity contribution >= 4 is 5.97 Å². The molecule has 0 radical (unpaired) electrons. The van der Waals surface area contributed by atoms with E-state index in [2.05, 4.69) is 5.32 Å². The number of nitrogens with one attached hydrogen (secondary N) is 1. The second kappa shape index (κ2) is 7.62. The van der Waals surface area contributed by atoms with Gasteiger partial charge in [0.05, 0.1) is 13.2 Å². The molecule has 1 unspecified atom stereocenters. The number of carboxylic acids is 1. The minimum atomic E-state index is -0.901. The molecule has 90 valence electrons. The van der Waals surface area contributed by atoms with E-state index in [4.69, 9.17) is 14.6 Å². The lowest BCUT2D eigenvalue weighted by molar-refractivity contribution is -0.145. The van der Waals surface area contributed by atoms with Gasteiger partial charge in [-0.3, -0.25) is 4.79 Å². The molecule has 0 heterocycles. The molecule has 1 atom stereocenters. The van der Waals surface area contributed by atoms with Crippen LogP contribution in [0.4, 0.5) is 0 Å². The van der Waals surface area contributed by atoms with Crippen molar-refractivity contribution in [3.8, 4) is 0 Å². The summed E-state index contributed by atoms with van der Waals surface area (Å²) in [7, 11) is 1.60. The summed E-state index contributed by atoms with van der Waals surface area (Å²) in [5, 5.41) is 12.0. The number of carbonyl (C=O) groups is 1. The van der Waals surface area contributed by atoms with Gasteiger partial charge in [-0.2, -0.15) is 0 Å². The maximum atomic E-state index is 11.0. The van der Waals surface area contributed by atoms with E-state index in [1.807, 2.05) is 6.92 Å². The van der Waals surface area contributed by atoms with Gasteiger partial charge >= 0.3 is 5.97 Å². The van der Waals surface area contributed by atoms with Crippen LogP contribution >= 0.6 is 0 Å². The van der Waals surface area contributed by atoms with Crippen molar-refractivity contribution < 1.29 is 19.4 Å². The Labute approximate surface area is 90.8 Å². The molecule has 5 heteroatoms. The second-order valence-electron chi connectivity index (χ2n) is 3.52. The maximum absolute atomic E-state index is 11.0. The molecule has 0 aliphatic heterocycles. The number of rotatable bonds is 9. The topological polar surface area (TPSA) is 67.8 Å². The van der Waals surface area contributed by atoms with E-state index in [1.54, 1.807) is 14.0 Å². The molecule has 0 amide bonds. The SMILES string of the molecule is CCNC(C)(CCOCCOC)C(=O)O. The predicted molar refractivity (Wildman–Crippen MR) is 57.0 cm³/mol. The van der Waals surface area contributed by atoms with Crippen molar-refractivity contribution in [2.45, 2.75) is 25.8 Å². The van der Waals surface area contributed by atoms with Crippen LogP contribution < -0.4 is 5.32 Å². The fraction of sp³-hybridized carbons (Fsp3) is 0.900. The zero-order chi connectivity index (χ0) is 11.7. The lowest BCUT2D eigenvalue weighted by Crippen LogP contribution is -2.50. The van der Waals surface area contributed by atoms with E-state index < -0.39 is 11.5 Å². The summed E-state index contributed by atoms with van der Waals surface area (Å²) < 4.78 is 10.0. The van der Waals surface area contributed by atoms with Gasteiger partial charge in [0.1, 0.15) is 5.54 Å². The Balaban J connectivity index is 3.81. The third-order valence-corrected chi connectivity index (χ3v) is 2.22. The molecule has 0 fully saturated rings. The number of aliphatic carboxylic acids is 1. The fourth-order valence-corrected chi connectivity index (χ4v) is 1.18. The summed E-state index contributed by atoms with van der Waals surface area (Å²) >= 11 is 0. The Morgan fingerprint density at radius 2 is 2.07 bits per heavy atom. The van der Waals surface area contributed by atoms with Gasteiger partial charge in [0.2, 0.25) is 0 Å². The highest BCUT2D eigenvalue weighted by molar-refractivity contribution is 5.78. The van der Waals surface area contributed by atoms with Gasteiger partial charge in [0.25, 0.3) is 0 Å². The van der Waals surface area contributed by atoms with Crippen molar-refractivity contribution in [2.75, 3.05) is 33.5 Å². The molecule has 0 spiro atoms. The highest BCUT2D eigenvalue weighted by atomic mass is 16.5. The first-order chi connectivity index (χ1) is 7.06. The Morgan fingerprint density at radius 1 is 1.40 bits per heavy atom. The number of likely N-dealkylation sites (N-methyl/N-ethyl adjacent to an activating group) is 1. The molecule has 15 heavy (non-hydrogen) atoms. The monoisotopic (exact) mass is 219 g/mol. The van der Waals surface area contributed by atoms with E-state index in [0.29, 0.717) is 32.8 Å². The summed E-state index contributed by atoms with van der Waals surface area (Å²) in [6.45, 7) is 5.62. The number of hydrogen-bond acceptors (Lipinski definition) is 4. The lowest BCUT2D eigenvalue weighted by atomic mass is 9.99. The first kappa shape index (κ1) is 14.3. The van der Waals surface area contributed by atoms with Gasteiger partial charge in [-0.25, -0.2) is 0 Å². The average Bonchev–Trinajstić information content (AvgIpc) is 2.18. The van der Waals surface area contributed by atoms with Gasteiger partial charge < -0.3 is 19.9 Å². The van der Waals surface area contributed by atoms with E-state index in [-0.39, 0.29) is 0 Å². The average molecular weight is 219 g/mol. The fourth-order valence-electron chi connectivity index (χ4n) is 1.18. The first-order valence-corrected chi connectivity index (χ1v) is 5.12. The van der Waals surface area contributed by atoms with Crippen LogP contribution in [0, 0.1) is 0 Å². The molecule has 0 bridgehead atoms. The largest absolute Gasteiger partial charge is 0.480 e. The van der Waals surface area contributed by atoms with Crippen molar-refractivity contribution in [1.82, 2.24) is 5.32 Å². The van der Waals surface area contributed by atoms with Gasteiger partial charge in [-0.05, 0) is 19.9 Å². The van der Waals surface area contributed by atoms with E-state index >= 15 is 0 Å². The summed E-state index contributed by atoms with van der Waals surface area (Å²) in [4.78, 5) is 11.0. The van der Waals surface area contributed by atoms with Crippen LogP contribution in [0.25, 0.3) is 0 Å². The second-order valence-corrected chi connectivity index (χ2v) is 3.52. The molecule has 0 aromatic rings. The Morgan fingerprint density at radius 3 is 2.53 bits per heavy atom. The Hall–Kier alpha value is -0.650. The third-order valence-electron chi connectivity index (χ3n) is 2.22. The Kier molecular flexibility index (Phi) is 7.29. The van der Waals surface area contributed by atoms with Crippen LogP contribution in [0.3, 0.4) is 0 Å². The first-order valence-electron chi connectivity index (χ1n) is 5.12. The van der Waals surface area contributed by atoms with Crippen LogP contribution in [0.15, 0.2) is 0 Å². The lowest BCUT2D eigenvalue weighted by Gasteiger charge is -2.25. The van der Waals surface area contributed by atoms with Gasteiger partial charge in [-0.15, -0.1) is 0 Å². The smallest absolute Gasteiger partial charge is 0.323 e. The molecule has 0 saturated heterocycles. The van der Waals surface area contributed by atoms with Crippen LogP contribution in [-0.4, -0.2) is 50.1 Å². The van der Waals surface area contributed by atoms with Gasteiger partial charge in [0, 0.05) is 13.7 Å². The maximum Gasteiger partial charge on any atom is 0.323 e. The highest BCUT2D eigenvalue weighted by Crippen LogP contribution is 2.09. The van der Waals surface area contributed by atoms with Crippen LogP contribution in [0.5, 0.6) is 0 Å². The van der Waals surface area contributed by atoms with Gasteiger partial charge in [-0.1, -0.05) is 6.92 Å². The predicted octanol–water partition coefficient (Wildman–Crippen LogP) is 0.492. The van der Waals surface area contributed by atoms with E-state index in [0.717, 1.165) is 0 Å². The molecule has 0 saturated carbocycles. The number of methoxy groups -OCH3 is 1. The van der Waals surface area contributed by atoms with E-state index in [9.17, 15) is 4.79 Å². The minimum absolute atomic E-state index is 0.416. The van der Waals surface area contributed by atoms with Crippen molar-refractivity contribution in [1.29, 1.82) is 0 Å². The Bertz CT molecular complexity index is 186. The van der Waals surface area contributed by atoms with Crippen molar-refractivity contribution in [2.24, 2.45) is 0 Å². The third kappa shape index (κ3) is 5.71. The molecule has 5 nitrogen and oxygen atoms in total. The van der Waals surface area contributed by atoms with Crippen LogP contribution in [0.1, 0.15) is 20.3 Å². The van der Waals surface area contributed by atoms with E-state index in [1.165, 1.54) is 0 Å². The van der Waals surface area contributed by atoms with Crippen molar-refractivity contribution in [3.63, 3.8) is 0 Å². The summed E-state index contributed by atoms with van der Waals surface area (Å²) in [6.07, 6.45) is 0.444. The summed E-state index contributed by atoms with van der Waals surface area (Å²) in [6, 6.07) is 0. The molecule has 0 rings (SSSR count). The molecule has 2 N–H and O–H groups in total. The zero-order valence-corrected chi connectivity index (χ0v) is 9.71. The van der Waals surface area contributed by atoms with Crippen molar-refractivity contribution in [3.05, 3.63) is 0 Å². The normalized spacial score (nSPS) is 14.9. The number of hydrogen-bond donors (Lipinski definition) is 2. The molecule has 0 aromatic carbocycles. The molecule has 0 aliphatic rings. The standard InChI is InChI=1S/C10H21NO4/c1-4-11-10(2,9(12)13)5-6-15-8-7-14-3/h11H,4-8H2,1-3H3,(H,12,13). The summed E-state index contributed by atoms with van der Waals surface area (Å²) in [5.41, 5.74) is -0.901.